The maximum absolute atomic E-state index is 12.1. The van der Waals surface area contributed by atoms with E-state index in [4.69, 9.17) is 0 Å². The lowest BCUT2D eigenvalue weighted by molar-refractivity contribution is 0.561. The predicted molar refractivity (Wildman–Crippen MR) is 71.1 cm³/mol. The largest absolute Gasteiger partial charge is 0.373 e. The SMILES string of the molecule is CNc1ccc(S(=O)(=O)NC(C)c2ncc[nH]2)cn1. The molecule has 0 aromatic carbocycles. The fourth-order valence-corrected chi connectivity index (χ4v) is 2.71. The number of H-pyrrole nitrogens is 1. The molecular formula is C11H15N5O2S. The summed E-state index contributed by atoms with van der Waals surface area (Å²) < 4.78 is 26.8. The second kappa shape index (κ2) is 5.37. The summed E-state index contributed by atoms with van der Waals surface area (Å²) in [4.78, 5) is 11.0. The van der Waals surface area contributed by atoms with Crippen LogP contribution in [0.15, 0.2) is 35.6 Å². The van der Waals surface area contributed by atoms with Crippen LogP contribution in [0.2, 0.25) is 0 Å². The van der Waals surface area contributed by atoms with Crippen LogP contribution in [0.25, 0.3) is 0 Å². The Hall–Kier alpha value is -1.93. The lowest BCUT2D eigenvalue weighted by Gasteiger charge is -2.12. The number of hydrogen-bond donors (Lipinski definition) is 3. The summed E-state index contributed by atoms with van der Waals surface area (Å²) in [5.74, 6) is 1.17. The van der Waals surface area contributed by atoms with Gasteiger partial charge < -0.3 is 10.3 Å². The molecule has 0 amide bonds. The third-order valence-electron chi connectivity index (χ3n) is 2.56. The molecule has 0 saturated carbocycles. The zero-order chi connectivity index (χ0) is 13.9. The van der Waals surface area contributed by atoms with Crippen LogP contribution in [0.3, 0.4) is 0 Å². The van der Waals surface area contributed by atoms with Gasteiger partial charge in [0.2, 0.25) is 10.0 Å². The molecule has 2 aromatic rings. The van der Waals surface area contributed by atoms with Crippen LogP contribution in [0.1, 0.15) is 18.8 Å². The average Bonchev–Trinajstić information content (AvgIpc) is 2.92. The number of nitrogens with zero attached hydrogens (tertiary/aromatic N) is 2. The van der Waals surface area contributed by atoms with E-state index in [9.17, 15) is 8.42 Å². The number of hydrogen-bond acceptors (Lipinski definition) is 5. The number of aromatic nitrogens is 3. The van der Waals surface area contributed by atoms with Crippen LogP contribution < -0.4 is 10.0 Å². The molecule has 0 fully saturated rings. The summed E-state index contributed by atoms with van der Waals surface area (Å²) in [6.07, 6.45) is 4.52. The molecule has 0 aliphatic heterocycles. The molecule has 8 heteroatoms. The van der Waals surface area contributed by atoms with Gasteiger partial charge in [0.05, 0.1) is 6.04 Å². The van der Waals surface area contributed by atoms with Crippen molar-refractivity contribution in [3.05, 3.63) is 36.5 Å². The van der Waals surface area contributed by atoms with Gasteiger partial charge in [-0.15, -0.1) is 0 Å². The molecule has 0 aliphatic carbocycles. The molecule has 0 aliphatic rings. The number of sulfonamides is 1. The molecule has 2 heterocycles. The van der Waals surface area contributed by atoms with Gasteiger partial charge in [-0.05, 0) is 19.1 Å². The highest BCUT2D eigenvalue weighted by molar-refractivity contribution is 7.89. The Kier molecular flexibility index (Phi) is 3.82. The van der Waals surface area contributed by atoms with E-state index in [-0.39, 0.29) is 4.90 Å². The molecule has 19 heavy (non-hydrogen) atoms. The van der Waals surface area contributed by atoms with E-state index >= 15 is 0 Å². The molecule has 2 aromatic heterocycles. The van der Waals surface area contributed by atoms with Crippen LogP contribution in [0, 0.1) is 0 Å². The summed E-state index contributed by atoms with van der Waals surface area (Å²) in [7, 11) is -1.89. The highest BCUT2D eigenvalue weighted by Crippen LogP contribution is 2.14. The van der Waals surface area contributed by atoms with Crippen molar-refractivity contribution in [2.45, 2.75) is 17.9 Å². The molecule has 7 nitrogen and oxygen atoms in total. The van der Waals surface area contributed by atoms with Gasteiger partial charge in [0, 0.05) is 25.6 Å². The van der Waals surface area contributed by atoms with Crippen molar-refractivity contribution < 1.29 is 8.42 Å². The van der Waals surface area contributed by atoms with E-state index in [0.29, 0.717) is 11.6 Å². The summed E-state index contributed by atoms with van der Waals surface area (Å²) in [6.45, 7) is 1.71. The zero-order valence-electron chi connectivity index (χ0n) is 10.6. The lowest BCUT2D eigenvalue weighted by Crippen LogP contribution is -2.27. The first kappa shape index (κ1) is 13.5. The molecule has 2 rings (SSSR count). The first-order valence-electron chi connectivity index (χ1n) is 5.68. The third kappa shape index (κ3) is 3.09. The van der Waals surface area contributed by atoms with Crippen molar-refractivity contribution >= 4 is 15.8 Å². The number of pyridine rings is 1. The number of imidazole rings is 1. The minimum Gasteiger partial charge on any atom is -0.373 e. The minimum absolute atomic E-state index is 0.116. The summed E-state index contributed by atoms with van der Waals surface area (Å²) >= 11 is 0. The van der Waals surface area contributed by atoms with E-state index < -0.39 is 16.1 Å². The van der Waals surface area contributed by atoms with E-state index in [2.05, 4.69) is 25.0 Å². The third-order valence-corrected chi connectivity index (χ3v) is 4.09. The Bertz CT molecular complexity index is 622. The fraction of sp³-hybridized carbons (Fsp3) is 0.273. The second-order valence-electron chi connectivity index (χ2n) is 3.95. The molecule has 0 bridgehead atoms. The first-order valence-corrected chi connectivity index (χ1v) is 7.16. The topological polar surface area (TPSA) is 99.8 Å². The number of anilines is 1. The Morgan fingerprint density at radius 3 is 2.63 bits per heavy atom. The van der Waals surface area contributed by atoms with Gasteiger partial charge in [0.25, 0.3) is 0 Å². The highest BCUT2D eigenvalue weighted by Gasteiger charge is 2.19. The molecule has 1 atom stereocenters. The van der Waals surface area contributed by atoms with Gasteiger partial charge >= 0.3 is 0 Å². The smallest absolute Gasteiger partial charge is 0.242 e. The van der Waals surface area contributed by atoms with Crippen LogP contribution in [0.4, 0.5) is 5.82 Å². The maximum Gasteiger partial charge on any atom is 0.242 e. The Morgan fingerprint density at radius 2 is 2.11 bits per heavy atom. The average molecular weight is 281 g/mol. The summed E-state index contributed by atoms with van der Waals surface area (Å²) in [6, 6.07) is 2.66. The van der Waals surface area contributed by atoms with Gasteiger partial charge in [0.1, 0.15) is 16.5 Å². The van der Waals surface area contributed by atoms with Crippen molar-refractivity contribution in [1.29, 1.82) is 0 Å². The molecule has 3 N–H and O–H groups in total. The monoisotopic (exact) mass is 281 g/mol. The molecule has 102 valence electrons. The maximum atomic E-state index is 12.1. The molecule has 0 saturated heterocycles. The summed E-state index contributed by atoms with van der Waals surface area (Å²) in [5, 5.41) is 2.83. The second-order valence-corrected chi connectivity index (χ2v) is 5.66. The van der Waals surface area contributed by atoms with E-state index in [0.717, 1.165) is 0 Å². The number of nitrogens with one attached hydrogen (secondary N) is 3. The van der Waals surface area contributed by atoms with Gasteiger partial charge in [0.15, 0.2) is 0 Å². The van der Waals surface area contributed by atoms with Crippen molar-refractivity contribution in [2.24, 2.45) is 0 Å². The van der Waals surface area contributed by atoms with Crippen molar-refractivity contribution in [2.75, 3.05) is 12.4 Å². The molecule has 0 spiro atoms. The highest BCUT2D eigenvalue weighted by atomic mass is 32.2. The molecule has 1 unspecified atom stereocenters. The fourth-order valence-electron chi connectivity index (χ4n) is 1.56. The molecular weight excluding hydrogens is 266 g/mol. The normalized spacial score (nSPS) is 13.2. The van der Waals surface area contributed by atoms with E-state index in [1.54, 1.807) is 32.4 Å². The van der Waals surface area contributed by atoms with Crippen LogP contribution in [-0.2, 0) is 10.0 Å². The zero-order valence-corrected chi connectivity index (χ0v) is 11.4. The van der Waals surface area contributed by atoms with Gasteiger partial charge in [-0.1, -0.05) is 0 Å². The lowest BCUT2D eigenvalue weighted by atomic mass is 10.3. The van der Waals surface area contributed by atoms with Crippen molar-refractivity contribution in [3.8, 4) is 0 Å². The van der Waals surface area contributed by atoms with E-state index in [1.807, 2.05) is 0 Å². The minimum atomic E-state index is -3.61. The van der Waals surface area contributed by atoms with Crippen molar-refractivity contribution in [3.63, 3.8) is 0 Å². The number of rotatable bonds is 5. The Morgan fingerprint density at radius 1 is 1.32 bits per heavy atom. The standard InChI is InChI=1S/C11H15N5O2S/c1-8(11-13-5-6-14-11)16-19(17,18)9-3-4-10(12-2)15-7-9/h3-8,16H,1-2H3,(H,12,15)(H,13,14). The molecule has 0 radical (unpaired) electrons. The number of aromatic amines is 1. The quantitative estimate of drug-likeness (QED) is 0.755. The predicted octanol–water partition coefficient (Wildman–Crippen LogP) is 0.886. The van der Waals surface area contributed by atoms with Crippen LogP contribution in [0.5, 0.6) is 0 Å². The van der Waals surface area contributed by atoms with Crippen LogP contribution >= 0.6 is 0 Å². The van der Waals surface area contributed by atoms with Gasteiger partial charge in [-0.2, -0.15) is 0 Å². The summed E-state index contributed by atoms with van der Waals surface area (Å²) in [5.41, 5.74) is 0. The Balaban J connectivity index is 2.17. The van der Waals surface area contributed by atoms with Gasteiger partial charge in [-0.3, -0.25) is 0 Å². The Labute approximate surface area is 111 Å². The van der Waals surface area contributed by atoms with Crippen LogP contribution in [-0.4, -0.2) is 30.4 Å². The van der Waals surface area contributed by atoms with Crippen molar-refractivity contribution in [1.82, 2.24) is 19.7 Å². The van der Waals surface area contributed by atoms with E-state index in [1.165, 1.54) is 12.3 Å². The first-order chi connectivity index (χ1) is 9.03. The van der Waals surface area contributed by atoms with Gasteiger partial charge in [-0.25, -0.2) is 23.1 Å².